The van der Waals surface area contributed by atoms with Gasteiger partial charge in [0.25, 0.3) is 0 Å². The van der Waals surface area contributed by atoms with Crippen molar-refractivity contribution in [2.45, 2.75) is 19.6 Å². The summed E-state index contributed by atoms with van der Waals surface area (Å²) in [6.07, 6.45) is 5.45. The van der Waals surface area contributed by atoms with Crippen LogP contribution in [0.5, 0.6) is 0 Å². The Balaban J connectivity index is 2.17. The van der Waals surface area contributed by atoms with Crippen LogP contribution in [-0.2, 0) is 11.3 Å². The van der Waals surface area contributed by atoms with Gasteiger partial charge in [-0.1, -0.05) is 5.21 Å². The molecule has 0 saturated heterocycles. The minimum Gasteiger partial charge on any atom is -0.378 e. The summed E-state index contributed by atoms with van der Waals surface area (Å²) in [5.74, 6) is 0. The van der Waals surface area contributed by atoms with E-state index in [4.69, 9.17) is 4.74 Å². The molecule has 0 spiro atoms. The number of rotatable bonds is 4. The van der Waals surface area contributed by atoms with Gasteiger partial charge in [-0.15, -0.1) is 5.10 Å². The number of methoxy groups -OCH3 is 1. The molecule has 2 rings (SSSR count). The third-order valence-electron chi connectivity index (χ3n) is 2.44. The summed E-state index contributed by atoms with van der Waals surface area (Å²) in [5, 5.41) is 8.10. The summed E-state index contributed by atoms with van der Waals surface area (Å²) in [5.41, 5.74) is 1.99. The van der Waals surface area contributed by atoms with E-state index in [9.17, 15) is 0 Å². The van der Waals surface area contributed by atoms with E-state index in [1.807, 2.05) is 23.0 Å². The Hall–Kier alpha value is -1.75. The highest BCUT2D eigenvalue weighted by molar-refractivity contribution is 5.15. The number of hydrogen-bond donors (Lipinski definition) is 0. The fourth-order valence-corrected chi connectivity index (χ4v) is 1.51. The average Bonchev–Trinajstić information content (AvgIpc) is 2.78. The van der Waals surface area contributed by atoms with Crippen LogP contribution < -0.4 is 0 Å². The molecule has 0 saturated carbocycles. The highest BCUT2D eigenvalue weighted by Gasteiger charge is 2.09. The Morgan fingerprint density at radius 3 is 2.81 bits per heavy atom. The van der Waals surface area contributed by atoms with Gasteiger partial charge in [-0.2, -0.15) is 0 Å². The number of pyridine rings is 1. The zero-order valence-corrected chi connectivity index (χ0v) is 9.37. The summed E-state index contributed by atoms with van der Waals surface area (Å²) >= 11 is 0. The smallest absolute Gasteiger partial charge is 0.108 e. The molecular weight excluding hydrogens is 204 g/mol. The summed E-state index contributed by atoms with van der Waals surface area (Å²) in [7, 11) is 1.64. The normalized spacial score (nSPS) is 12.6. The predicted molar refractivity (Wildman–Crippen MR) is 58.8 cm³/mol. The Kier molecular flexibility index (Phi) is 3.26. The van der Waals surface area contributed by atoms with Crippen LogP contribution in [0.4, 0.5) is 0 Å². The molecule has 5 nitrogen and oxygen atoms in total. The van der Waals surface area contributed by atoms with Crippen molar-refractivity contribution in [3.63, 3.8) is 0 Å². The van der Waals surface area contributed by atoms with Gasteiger partial charge >= 0.3 is 0 Å². The van der Waals surface area contributed by atoms with Crippen LogP contribution in [0.3, 0.4) is 0 Å². The van der Waals surface area contributed by atoms with Gasteiger partial charge in [-0.05, 0) is 24.6 Å². The molecular formula is C11H14N4O. The van der Waals surface area contributed by atoms with E-state index in [2.05, 4.69) is 22.2 Å². The molecule has 0 aliphatic rings. The van der Waals surface area contributed by atoms with Crippen molar-refractivity contribution in [1.29, 1.82) is 0 Å². The lowest BCUT2D eigenvalue weighted by Crippen LogP contribution is -2.07. The molecule has 0 aliphatic heterocycles. The maximum Gasteiger partial charge on any atom is 0.108 e. The third kappa shape index (κ3) is 2.25. The molecule has 0 amide bonds. The molecule has 0 aromatic carbocycles. The molecule has 0 N–H and O–H groups in total. The second-order valence-electron chi connectivity index (χ2n) is 3.58. The molecule has 16 heavy (non-hydrogen) atoms. The van der Waals surface area contributed by atoms with Crippen molar-refractivity contribution in [3.8, 4) is 0 Å². The molecule has 1 atom stereocenters. The first-order chi connectivity index (χ1) is 7.81. The molecule has 0 radical (unpaired) electrons. The second kappa shape index (κ2) is 4.85. The maximum atomic E-state index is 5.00. The quantitative estimate of drug-likeness (QED) is 0.779. The Labute approximate surface area is 94.1 Å². The van der Waals surface area contributed by atoms with Gasteiger partial charge in [-0.25, -0.2) is 4.68 Å². The minimum absolute atomic E-state index is 0.154. The van der Waals surface area contributed by atoms with Crippen LogP contribution in [0.2, 0.25) is 0 Å². The first-order valence-corrected chi connectivity index (χ1v) is 5.11. The van der Waals surface area contributed by atoms with Gasteiger partial charge < -0.3 is 4.74 Å². The summed E-state index contributed by atoms with van der Waals surface area (Å²) in [6.45, 7) is 2.56. The first kappa shape index (κ1) is 10.8. The molecule has 0 unspecified atom stereocenters. The van der Waals surface area contributed by atoms with Crippen molar-refractivity contribution in [2.75, 3.05) is 7.11 Å². The zero-order valence-electron chi connectivity index (χ0n) is 9.37. The monoisotopic (exact) mass is 218 g/mol. The van der Waals surface area contributed by atoms with E-state index in [-0.39, 0.29) is 6.04 Å². The van der Waals surface area contributed by atoms with Gasteiger partial charge in [0.2, 0.25) is 0 Å². The van der Waals surface area contributed by atoms with E-state index in [1.54, 1.807) is 19.5 Å². The van der Waals surface area contributed by atoms with Crippen LogP contribution in [-0.4, -0.2) is 27.1 Å². The van der Waals surface area contributed by atoms with Gasteiger partial charge in [0.05, 0.1) is 18.8 Å². The van der Waals surface area contributed by atoms with E-state index < -0.39 is 0 Å². The average molecular weight is 218 g/mol. The third-order valence-corrected chi connectivity index (χ3v) is 2.44. The zero-order chi connectivity index (χ0) is 11.4. The Morgan fingerprint density at radius 2 is 2.12 bits per heavy atom. The number of nitrogens with zero attached hydrogens (tertiary/aromatic N) is 4. The molecule has 5 heteroatoms. The van der Waals surface area contributed by atoms with Crippen LogP contribution in [0.15, 0.2) is 30.7 Å². The summed E-state index contributed by atoms with van der Waals surface area (Å²) in [6, 6.07) is 4.10. The summed E-state index contributed by atoms with van der Waals surface area (Å²) in [4.78, 5) is 3.99. The van der Waals surface area contributed by atoms with Gasteiger partial charge in [0, 0.05) is 19.5 Å². The topological polar surface area (TPSA) is 52.8 Å². The second-order valence-corrected chi connectivity index (χ2v) is 3.58. The minimum atomic E-state index is 0.154. The highest BCUT2D eigenvalue weighted by Crippen LogP contribution is 2.15. The molecule has 0 aliphatic carbocycles. The van der Waals surface area contributed by atoms with E-state index in [1.165, 1.54) is 0 Å². The highest BCUT2D eigenvalue weighted by atomic mass is 16.5. The van der Waals surface area contributed by atoms with E-state index >= 15 is 0 Å². The number of aromatic nitrogens is 4. The maximum absolute atomic E-state index is 5.00. The fraction of sp³-hybridized carbons (Fsp3) is 0.364. The molecule has 2 aromatic rings. The molecule has 0 bridgehead atoms. The number of hydrogen-bond acceptors (Lipinski definition) is 4. The Bertz CT molecular complexity index is 440. The van der Waals surface area contributed by atoms with Crippen LogP contribution >= 0.6 is 0 Å². The largest absolute Gasteiger partial charge is 0.378 e. The SMILES string of the molecule is COCc1cn([C@H](C)c2ccncc2)nn1. The van der Waals surface area contributed by atoms with Crippen LogP contribution in [0.1, 0.15) is 24.2 Å². The summed E-state index contributed by atoms with van der Waals surface area (Å²) < 4.78 is 6.82. The first-order valence-electron chi connectivity index (χ1n) is 5.11. The Morgan fingerprint density at radius 1 is 1.38 bits per heavy atom. The van der Waals surface area contributed by atoms with Crippen LogP contribution in [0.25, 0.3) is 0 Å². The van der Waals surface area contributed by atoms with Crippen molar-refractivity contribution >= 4 is 0 Å². The lowest BCUT2D eigenvalue weighted by Gasteiger charge is -2.10. The van der Waals surface area contributed by atoms with Crippen molar-refractivity contribution in [2.24, 2.45) is 0 Å². The van der Waals surface area contributed by atoms with E-state index in [0.717, 1.165) is 11.3 Å². The number of ether oxygens (including phenoxy) is 1. The molecule has 2 heterocycles. The van der Waals surface area contributed by atoms with Crippen molar-refractivity contribution in [3.05, 3.63) is 42.0 Å². The predicted octanol–water partition coefficient (Wildman–Crippen LogP) is 1.43. The van der Waals surface area contributed by atoms with Crippen molar-refractivity contribution in [1.82, 2.24) is 20.0 Å². The molecule has 2 aromatic heterocycles. The lowest BCUT2D eigenvalue weighted by molar-refractivity contribution is 0.181. The molecule has 0 fully saturated rings. The standard InChI is InChI=1S/C11H14N4O/c1-9(10-3-5-12-6-4-10)15-7-11(8-16-2)13-14-15/h3-7,9H,8H2,1-2H3/t9-/m1/s1. The van der Waals surface area contributed by atoms with Gasteiger partial charge in [0.1, 0.15) is 5.69 Å². The van der Waals surface area contributed by atoms with Gasteiger partial charge in [0.15, 0.2) is 0 Å². The fourth-order valence-electron chi connectivity index (χ4n) is 1.51. The van der Waals surface area contributed by atoms with Gasteiger partial charge in [-0.3, -0.25) is 4.98 Å². The van der Waals surface area contributed by atoms with E-state index in [0.29, 0.717) is 6.61 Å². The molecule has 84 valence electrons. The van der Waals surface area contributed by atoms with Crippen LogP contribution in [0, 0.1) is 0 Å². The van der Waals surface area contributed by atoms with Crippen molar-refractivity contribution < 1.29 is 4.74 Å². The lowest BCUT2D eigenvalue weighted by atomic mass is 10.1.